The largest absolute Gasteiger partial charge is 0.490 e. The molecule has 1 aromatic rings. The average molecular weight is 315 g/mol. The van der Waals surface area contributed by atoms with E-state index in [4.69, 9.17) is 9.84 Å². The molecule has 0 bridgehead atoms. The molecule has 22 heavy (non-hydrogen) atoms. The van der Waals surface area contributed by atoms with Gasteiger partial charge in [-0.25, -0.2) is 4.79 Å². The van der Waals surface area contributed by atoms with E-state index in [2.05, 4.69) is 0 Å². The first-order chi connectivity index (χ1) is 10.3. The van der Waals surface area contributed by atoms with E-state index in [0.29, 0.717) is 25.9 Å². The van der Waals surface area contributed by atoms with Gasteiger partial charge in [-0.15, -0.1) is 0 Å². The second-order valence-electron chi connectivity index (χ2n) is 5.94. The molecule has 1 aliphatic heterocycles. The van der Waals surface area contributed by atoms with Gasteiger partial charge in [-0.3, -0.25) is 0 Å². The molecule has 0 radical (unpaired) electrons. The molecule has 3 rings (SSSR count). The highest BCUT2D eigenvalue weighted by atomic mass is 19.4. The Bertz CT molecular complexity index is 561. The van der Waals surface area contributed by atoms with Crippen LogP contribution in [-0.4, -0.2) is 35.3 Å². The third-order valence-electron chi connectivity index (χ3n) is 4.44. The van der Waals surface area contributed by atoms with Gasteiger partial charge in [-0.2, -0.15) is 13.2 Å². The zero-order chi connectivity index (χ0) is 15.9. The van der Waals surface area contributed by atoms with Crippen LogP contribution in [0.25, 0.3) is 0 Å². The van der Waals surface area contributed by atoms with Crippen LogP contribution in [0.3, 0.4) is 0 Å². The number of rotatable bonds is 2. The lowest BCUT2D eigenvalue weighted by Crippen LogP contribution is -2.29. The summed E-state index contributed by atoms with van der Waals surface area (Å²) < 4.78 is 43.7. The van der Waals surface area contributed by atoms with E-state index in [-0.39, 0.29) is 23.7 Å². The van der Waals surface area contributed by atoms with Gasteiger partial charge < -0.3 is 14.7 Å². The average Bonchev–Trinajstić information content (AvgIpc) is 2.96. The monoisotopic (exact) mass is 315 g/mol. The number of alkyl halides is 3. The Morgan fingerprint density at radius 1 is 1.23 bits per heavy atom. The van der Waals surface area contributed by atoms with Crippen LogP contribution in [0.5, 0.6) is 5.75 Å². The minimum atomic E-state index is -4.38. The van der Waals surface area contributed by atoms with E-state index in [1.807, 2.05) is 0 Å². The first-order valence-electron chi connectivity index (χ1n) is 7.14. The van der Waals surface area contributed by atoms with Crippen molar-refractivity contribution in [1.29, 1.82) is 0 Å². The molecule has 2 aliphatic rings. The van der Waals surface area contributed by atoms with Crippen molar-refractivity contribution in [2.75, 3.05) is 13.1 Å². The lowest BCUT2D eigenvalue weighted by molar-refractivity contribution is -0.137. The standard InChI is InChI=1S/C15H16F3NO3/c16-15(17,18)11-2-1-3-12(6-11)22-13-4-9-7-19(14(20)21)8-10(9)5-13/h1-3,6,9-10,13H,4-5,7-8H2,(H,20,21)/t9-,10+,13-. The van der Waals surface area contributed by atoms with E-state index < -0.39 is 17.8 Å². The summed E-state index contributed by atoms with van der Waals surface area (Å²) >= 11 is 0. The normalized spacial score (nSPS) is 27.8. The van der Waals surface area contributed by atoms with Crippen molar-refractivity contribution in [2.45, 2.75) is 25.1 Å². The smallest absolute Gasteiger partial charge is 0.416 e. The first kappa shape index (κ1) is 15.0. The fourth-order valence-electron chi connectivity index (χ4n) is 3.43. The van der Waals surface area contributed by atoms with Crippen molar-refractivity contribution in [3.8, 4) is 5.75 Å². The molecule has 1 aliphatic carbocycles. The molecule has 4 nitrogen and oxygen atoms in total. The predicted octanol–water partition coefficient (Wildman–Crippen LogP) is 3.47. The highest BCUT2D eigenvalue weighted by molar-refractivity contribution is 5.65. The SMILES string of the molecule is O=C(O)N1C[C@H]2C[C@@H](Oc3cccc(C(F)(F)F)c3)C[C@H]2C1. The van der Waals surface area contributed by atoms with E-state index >= 15 is 0 Å². The number of ether oxygens (including phenoxy) is 1. The molecule has 0 aromatic heterocycles. The van der Waals surface area contributed by atoms with Crippen molar-refractivity contribution in [3.63, 3.8) is 0 Å². The van der Waals surface area contributed by atoms with Crippen LogP contribution in [0.4, 0.5) is 18.0 Å². The van der Waals surface area contributed by atoms with Crippen molar-refractivity contribution in [1.82, 2.24) is 4.90 Å². The third-order valence-corrected chi connectivity index (χ3v) is 4.44. The van der Waals surface area contributed by atoms with Crippen molar-refractivity contribution in [3.05, 3.63) is 29.8 Å². The summed E-state index contributed by atoms with van der Waals surface area (Å²) in [4.78, 5) is 12.3. The van der Waals surface area contributed by atoms with Crippen LogP contribution in [0.15, 0.2) is 24.3 Å². The lowest BCUT2D eigenvalue weighted by atomic mass is 10.0. The summed E-state index contributed by atoms with van der Waals surface area (Å²) in [6.45, 7) is 0.977. The quantitative estimate of drug-likeness (QED) is 0.909. The first-order valence-corrected chi connectivity index (χ1v) is 7.14. The van der Waals surface area contributed by atoms with Gasteiger partial charge in [0, 0.05) is 13.1 Å². The zero-order valence-corrected chi connectivity index (χ0v) is 11.7. The van der Waals surface area contributed by atoms with E-state index in [1.165, 1.54) is 17.0 Å². The van der Waals surface area contributed by atoms with Crippen molar-refractivity contribution >= 4 is 6.09 Å². The number of halogens is 3. The molecule has 0 unspecified atom stereocenters. The fraction of sp³-hybridized carbons (Fsp3) is 0.533. The summed E-state index contributed by atoms with van der Waals surface area (Å²) in [6, 6.07) is 4.88. The second-order valence-corrected chi connectivity index (χ2v) is 5.94. The van der Waals surface area contributed by atoms with Crippen LogP contribution in [0.2, 0.25) is 0 Å². The van der Waals surface area contributed by atoms with Gasteiger partial charge in [-0.05, 0) is 42.9 Å². The number of hydrogen-bond donors (Lipinski definition) is 1. The molecular formula is C15H16F3NO3. The number of benzene rings is 1. The van der Waals surface area contributed by atoms with Gasteiger partial charge >= 0.3 is 12.3 Å². The Balaban J connectivity index is 1.62. The molecule has 1 heterocycles. The molecule has 1 saturated carbocycles. The van der Waals surface area contributed by atoms with E-state index in [9.17, 15) is 18.0 Å². The Hall–Kier alpha value is -1.92. The molecule has 0 spiro atoms. The topological polar surface area (TPSA) is 49.8 Å². The van der Waals surface area contributed by atoms with Crippen LogP contribution in [0, 0.1) is 11.8 Å². The number of likely N-dealkylation sites (tertiary alicyclic amines) is 1. The summed E-state index contributed by atoms with van der Waals surface area (Å²) in [6.07, 6.45) is -4.07. The Labute approximate surface area is 125 Å². The zero-order valence-electron chi connectivity index (χ0n) is 11.7. The molecule has 1 N–H and O–H groups in total. The molecular weight excluding hydrogens is 299 g/mol. The van der Waals surface area contributed by atoms with Gasteiger partial charge in [0.1, 0.15) is 5.75 Å². The number of carbonyl (C=O) groups is 1. The van der Waals surface area contributed by atoms with Gasteiger partial charge in [0.05, 0.1) is 11.7 Å². The Morgan fingerprint density at radius 3 is 2.41 bits per heavy atom. The molecule has 1 amide bonds. The number of nitrogens with zero attached hydrogens (tertiary/aromatic N) is 1. The maximum atomic E-state index is 12.7. The number of carboxylic acid groups (broad SMARTS) is 1. The summed E-state index contributed by atoms with van der Waals surface area (Å²) in [5.74, 6) is 0.702. The van der Waals surface area contributed by atoms with Crippen LogP contribution < -0.4 is 4.74 Å². The minimum Gasteiger partial charge on any atom is -0.490 e. The fourth-order valence-corrected chi connectivity index (χ4v) is 3.43. The highest BCUT2D eigenvalue weighted by Gasteiger charge is 2.43. The van der Waals surface area contributed by atoms with Crippen LogP contribution in [0.1, 0.15) is 18.4 Å². The van der Waals surface area contributed by atoms with Gasteiger partial charge in [-0.1, -0.05) is 6.07 Å². The van der Waals surface area contributed by atoms with Gasteiger partial charge in [0.25, 0.3) is 0 Å². The highest BCUT2D eigenvalue weighted by Crippen LogP contribution is 2.40. The Kier molecular flexibility index (Phi) is 3.66. The van der Waals surface area contributed by atoms with Crippen molar-refractivity contribution in [2.24, 2.45) is 11.8 Å². The minimum absolute atomic E-state index is 0.144. The summed E-state index contributed by atoms with van der Waals surface area (Å²) in [5, 5.41) is 8.96. The Morgan fingerprint density at radius 2 is 1.86 bits per heavy atom. The maximum absolute atomic E-state index is 12.7. The van der Waals surface area contributed by atoms with E-state index in [1.54, 1.807) is 0 Å². The molecule has 3 atom stereocenters. The second kappa shape index (κ2) is 5.37. The maximum Gasteiger partial charge on any atom is 0.416 e. The number of fused-ring (bicyclic) bond motifs is 1. The lowest BCUT2D eigenvalue weighted by Gasteiger charge is -2.18. The summed E-state index contributed by atoms with van der Waals surface area (Å²) in [5.41, 5.74) is -0.722. The van der Waals surface area contributed by atoms with E-state index in [0.717, 1.165) is 12.1 Å². The van der Waals surface area contributed by atoms with Gasteiger partial charge in [0.2, 0.25) is 0 Å². The number of amides is 1. The van der Waals surface area contributed by atoms with Crippen LogP contribution in [-0.2, 0) is 6.18 Å². The predicted molar refractivity (Wildman–Crippen MR) is 71.7 cm³/mol. The molecule has 2 fully saturated rings. The molecule has 7 heteroatoms. The molecule has 1 saturated heterocycles. The van der Waals surface area contributed by atoms with Crippen LogP contribution >= 0.6 is 0 Å². The van der Waals surface area contributed by atoms with Crippen molar-refractivity contribution < 1.29 is 27.8 Å². The van der Waals surface area contributed by atoms with Gasteiger partial charge in [0.15, 0.2) is 0 Å². The number of hydrogen-bond acceptors (Lipinski definition) is 2. The third kappa shape index (κ3) is 2.98. The molecule has 120 valence electrons. The summed E-state index contributed by atoms with van der Waals surface area (Å²) in [7, 11) is 0. The molecule has 1 aromatic carbocycles.